The summed E-state index contributed by atoms with van der Waals surface area (Å²) in [4.78, 5) is 6.86. The predicted molar refractivity (Wildman–Crippen MR) is 111 cm³/mol. The third kappa shape index (κ3) is 6.94. The molecule has 0 aromatic heterocycles. The van der Waals surface area contributed by atoms with E-state index in [1.165, 1.54) is 24.9 Å². The number of nitrogens with one attached hydrogen (secondary N) is 2. The Morgan fingerprint density at radius 3 is 2.79 bits per heavy atom. The predicted octanol–water partition coefficient (Wildman–Crippen LogP) is 2.47. The summed E-state index contributed by atoms with van der Waals surface area (Å²) in [5.41, 5.74) is 1.38. The molecule has 1 saturated heterocycles. The number of hydrogen-bond donors (Lipinski definition) is 2. The molecule has 0 bridgehead atoms. The lowest BCUT2D eigenvalue weighted by Gasteiger charge is -2.26. The molecule has 0 saturated carbocycles. The third-order valence-electron chi connectivity index (χ3n) is 4.26. The maximum atomic E-state index is 5.16. The van der Waals surface area contributed by atoms with Gasteiger partial charge in [-0.15, -0.1) is 24.0 Å². The van der Waals surface area contributed by atoms with Crippen LogP contribution in [0.4, 0.5) is 0 Å². The number of benzene rings is 1. The van der Waals surface area contributed by atoms with Crippen molar-refractivity contribution in [1.82, 2.24) is 15.5 Å². The molecule has 2 unspecified atom stereocenters. The van der Waals surface area contributed by atoms with Crippen LogP contribution in [0.1, 0.15) is 25.3 Å². The maximum Gasteiger partial charge on any atom is 0.191 e. The molecule has 1 heterocycles. The molecule has 1 fully saturated rings. The average molecular weight is 446 g/mol. The summed E-state index contributed by atoms with van der Waals surface area (Å²) >= 11 is 0. The number of guanidine groups is 1. The Morgan fingerprint density at radius 1 is 1.38 bits per heavy atom. The molecule has 0 spiro atoms. The molecule has 6 heteroatoms. The quantitative estimate of drug-likeness (QED) is 0.384. The monoisotopic (exact) mass is 446 g/mol. The van der Waals surface area contributed by atoms with Gasteiger partial charge in [-0.05, 0) is 31.9 Å². The van der Waals surface area contributed by atoms with Crippen LogP contribution < -0.4 is 10.6 Å². The van der Waals surface area contributed by atoms with Gasteiger partial charge in [-0.25, -0.2) is 0 Å². The molecule has 2 rings (SSSR count). The van der Waals surface area contributed by atoms with E-state index >= 15 is 0 Å². The Balaban J connectivity index is 0.00000288. The molecule has 2 atom stereocenters. The smallest absolute Gasteiger partial charge is 0.191 e. The largest absolute Gasteiger partial charge is 0.383 e. The summed E-state index contributed by atoms with van der Waals surface area (Å²) in [5.74, 6) is 0.848. The number of hydrogen-bond acceptors (Lipinski definition) is 3. The van der Waals surface area contributed by atoms with Crippen LogP contribution >= 0.6 is 24.0 Å². The van der Waals surface area contributed by atoms with E-state index in [-0.39, 0.29) is 30.0 Å². The molecular formula is C18H31IN4O. The molecule has 0 radical (unpaired) electrons. The van der Waals surface area contributed by atoms with Gasteiger partial charge in [0.25, 0.3) is 0 Å². The summed E-state index contributed by atoms with van der Waals surface area (Å²) < 4.78 is 5.16. The van der Waals surface area contributed by atoms with Crippen LogP contribution in [-0.4, -0.2) is 56.8 Å². The van der Waals surface area contributed by atoms with Crippen molar-refractivity contribution in [2.75, 3.05) is 33.9 Å². The van der Waals surface area contributed by atoms with Crippen LogP contribution in [0.25, 0.3) is 0 Å². The molecule has 0 aliphatic carbocycles. The number of rotatable bonds is 7. The van der Waals surface area contributed by atoms with E-state index in [2.05, 4.69) is 57.8 Å². The third-order valence-corrected chi connectivity index (χ3v) is 4.26. The average Bonchev–Trinajstić information content (AvgIpc) is 2.99. The van der Waals surface area contributed by atoms with Crippen molar-refractivity contribution in [3.8, 4) is 0 Å². The standard InChI is InChI=1S/C18H30N4O.HI/c1-15(14-23-3)21-18(19-2)20-12-17-10-7-11-22(17)13-16-8-5-4-6-9-16;/h4-6,8-9,15,17H,7,10-14H2,1-3H3,(H2,19,20,21);1H. The van der Waals surface area contributed by atoms with E-state index in [0.29, 0.717) is 12.6 Å². The number of nitrogens with zero attached hydrogens (tertiary/aromatic N) is 2. The lowest BCUT2D eigenvalue weighted by Crippen LogP contribution is -2.48. The first-order chi connectivity index (χ1) is 11.2. The van der Waals surface area contributed by atoms with Crippen LogP contribution in [0.3, 0.4) is 0 Å². The fourth-order valence-corrected chi connectivity index (χ4v) is 3.09. The molecule has 136 valence electrons. The Hall–Kier alpha value is -0.860. The fraction of sp³-hybridized carbons (Fsp3) is 0.611. The Bertz CT molecular complexity index is 483. The minimum Gasteiger partial charge on any atom is -0.383 e. The van der Waals surface area contributed by atoms with E-state index < -0.39 is 0 Å². The van der Waals surface area contributed by atoms with Crippen LogP contribution in [-0.2, 0) is 11.3 Å². The first-order valence-electron chi connectivity index (χ1n) is 8.47. The van der Waals surface area contributed by atoms with E-state index in [9.17, 15) is 0 Å². The van der Waals surface area contributed by atoms with Gasteiger partial charge in [0.05, 0.1) is 6.61 Å². The molecule has 1 aliphatic rings. The van der Waals surface area contributed by atoms with E-state index in [0.717, 1.165) is 19.0 Å². The molecule has 0 amide bonds. The lowest BCUT2D eigenvalue weighted by atomic mass is 10.2. The van der Waals surface area contributed by atoms with Crippen LogP contribution in [0.2, 0.25) is 0 Å². The fourth-order valence-electron chi connectivity index (χ4n) is 3.09. The second kappa shape index (κ2) is 11.7. The van der Waals surface area contributed by atoms with E-state index in [4.69, 9.17) is 4.74 Å². The highest BCUT2D eigenvalue weighted by Gasteiger charge is 2.24. The topological polar surface area (TPSA) is 48.9 Å². The molecular weight excluding hydrogens is 415 g/mol. The van der Waals surface area contributed by atoms with Crippen molar-refractivity contribution in [3.63, 3.8) is 0 Å². The highest BCUT2D eigenvalue weighted by molar-refractivity contribution is 14.0. The zero-order chi connectivity index (χ0) is 16.5. The summed E-state index contributed by atoms with van der Waals surface area (Å²) in [6.07, 6.45) is 2.51. The van der Waals surface area contributed by atoms with E-state index in [1.54, 1.807) is 7.11 Å². The first kappa shape index (κ1) is 21.2. The molecule has 5 nitrogen and oxygen atoms in total. The van der Waals surface area contributed by atoms with Crippen molar-refractivity contribution in [2.24, 2.45) is 4.99 Å². The van der Waals surface area contributed by atoms with Gasteiger partial charge in [-0.1, -0.05) is 30.3 Å². The van der Waals surface area contributed by atoms with Crippen LogP contribution in [0.15, 0.2) is 35.3 Å². The number of methoxy groups -OCH3 is 1. The lowest BCUT2D eigenvalue weighted by molar-refractivity contribution is 0.178. The number of aliphatic imine (C=N–C) groups is 1. The van der Waals surface area contributed by atoms with Gasteiger partial charge >= 0.3 is 0 Å². The normalized spacial score (nSPS) is 19.6. The van der Waals surface area contributed by atoms with Gasteiger partial charge < -0.3 is 15.4 Å². The minimum absolute atomic E-state index is 0. The summed E-state index contributed by atoms with van der Waals surface area (Å²) in [6, 6.07) is 11.5. The zero-order valence-corrected chi connectivity index (χ0v) is 17.3. The van der Waals surface area contributed by atoms with Gasteiger partial charge in [0.15, 0.2) is 5.96 Å². The van der Waals surface area contributed by atoms with E-state index in [1.807, 2.05) is 7.05 Å². The van der Waals surface area contributed by atoms with Gasteiger partial charge in [-0.3, -0.25) is 9.89 Å². The molecule has 2 N–H and O–H groups in total. The Kier molecular flexibility index (Phi) is 10.3. The Labute approximate surface area is 163 Å². The van der Waals surface area contributed by atoms with Crippen molar-refractivity contribution >= 4 is 29.9 Å². The van der Waals surface area contributed by atoms with Crippen molar-refractivity contribution in [1.29, 1.82) is 0 Å². The SMILES string of the molecule is CN=C(NCC1CCCN1Cc1ccccc1)NC(C)COC.I. The van der Waals surface area contributed by atoms with Crippen LogP contribution in [0, 0.1) is 0 Å². The van der Waals surface area contributed by atoms with Gasteiger partial charge in [0.2, 0.25) is 0 Å². The van der Waals surface area contributed by atoms with Gasteiger partial charge in [0.1, 0.15) is 0 Å². The summed E-state index contributed by atoms with van der Waals surface area (Å²) in [7, 11) is 3.53. The molecule has 1 aromatic carbocycles. The summed E-state index contributed by atoms with van der Waals surface area (Å²) in [6.45, 7) is 5.89. The van der Waals surface area contributed by atoms with Crippen LogP contribution in [0.5, 0.6) is 0 Å². The molecule has 1 aliphatic heterocycles. The Morgan fingerprint density at radius 2 is 2.12 bits per heavy atom. The minimum atomic E-state index is 0. The number of likely N-dealkylation sites (tertiary alicyclic amines) is 1. The van der Waals surface area contributed by atoms with Crippen molar-refractivity contribution in [3.05, 3.63) is 35.9 Å². The maximum absolute atomic E-state index is 5.16. The number of ether oxygens (including phenoxy) is 1. The van der Waals surface area contributed by atoms with Crippen molar-refractivity contribution < 1.29 is 4.74 Å². The molecule has 1 aromatic rings. The highest BCUT2D eigenvalue weighted by Crippen LogP contribution is 2.19. The van der Waals surface area contributed by atoms with Crippen molar-refractivity contribution in [2.45, 2.75) is 38.4 Å². The second-order valence-electron chi connectivity index (χ2n) is 6.21. The first-order valence-corrected chi connectivity index (χ1v) is 8.47. The number of halogens is 1. The molecule has 24 heavy (non-hydrogen) atoms. The summed E-state index contributed by atoms with van der Waals surface area (Å²) in [5, 5.41) is 6.81. The van der Waals surface area contributed by atoms with Gasteiger partial charge in [-0.2, -0.15) is 0 Å². The highest BCUT2D eigenvalue weighted by atomic mass is 127. The van der Waals surface area contributed by atoms with Gasteiger partial charge in [0, 0.05) is 39.3 Å². The second-order valence-corrected chi connectivity index (χ2v) is 6.21. The zero-order valence-electron chi connectivity index (χ0n) is 15.0.